The quantitative estimate of drug-likeness (QED) is 0.792. The highest BCUT2D eigenvalue weighted by Crippen LogP contribution is 2.28. The molecule has 0 saturated carbocycles. The third-order valence-corrected chi connectivity index (χ3v) is 2.93. The summed E-state index contributed by atoms with van der Waals surface area (Å²) in [6.07, 6.45) is 0. The first kappa shape index (κ1) is 13.8. The Labute approximate surface area is 114 Å². The fourth-order valence-electron chi connectivity index (χ4n) is 1.66. The van der Waals surface area contributed by atoms with Crippen LogP contribution in [0.5, 0.6) is 0 Å². The van der Waals surface area contributed by atoms with E-state index in [0.29, 0.717) is 11.8 Å². The number of nitrogens with zero attached hydrogens (tertiary/aromatic N) is 4. The monoisotopic (exact) mass is 262 g/mol. The van der Waals surface area contributed by atoms with Gasteiger partial charge in [0, 0.05) is 17.9 Å². The number of hydrogen-bond donors (Lipinski definition) is 0. The van der Waals surface area contributed by atoms with Gasteiger partial charge in [-0.15, -0.1) is 10.2 Å². The summed E-state index contributed by atoms with van der Waals surface area (Å²) in [7, 11) is 1.89. The lowest BCUT2D eigenvalue weighted by Crippen LogP contribution is -2.12. The molecule has 2 rings (SSSR count). The molecular weight excluding hydrogens is 240 g/mol. The van der Waals surface area contributed by atoms with Gasteiger partial charge >= 0.3 is 0 Å². The summed E-state index contributed by atoms with van der Waals surface area (Å²) in [4.78, 5) is 0. The molecule has 2 heterocycles. The van der Waals surface area contributed by atoms with Crippen molar-refractivity contribution in [3.8, 4) is 11.6 Å². The predicted molar refractivity (Wildman–Crippen MR) is 73.9 cm³/mol. The zero-order chi connectivity index (χ0) is 14.4. The largest absolute Gasteiger partial charge is 0.419 e. The average molecular weight is 262 g/mol. The summed E-state index contributed by atoms with van der Waals surface area (Å²) in [6.45, 7) is 12.5. The van der Waals surface area contributed by atoms with Gasteiger partial charge in [-0.2, -0.15) is 5.10 Å². The molecule has 2 aromatic heterocycles. The molecule has 0 aliphatic carbocycles. The first-order valence-corrected chi connectivity index (χ1v) is 6.48. The molecule has 0 radical (unpaired) electrons. The number of rotatable bonds is 1. The Kier molecular flexibility index (Phi) is 3.03. The van der Waals surface area contributed by atoms with Crippen LogP contribution in [-0.2, 0) is 17.9 Å². The van der Waals surface area contributed by atoms with Crippen LogP contribution in [-0.4, -0.2) is 20.0 Å². The van der Waals surface area contributed by atoms with Crippen molar-refractivity contribution < 1.29 is 4.42 Å². The molecule has 0 bridgehead atoms. The smallest absolute Gasteiger partial charge is 0.265 e. The topological polar surface area (TPSA) is 56.7 Å². The Balaban J connectivity index is 2.43. The molecule has 5 nitrogen and oxygen atoms in total. The molecular formula is C14H22N4O. The van der Waals surface area contributed by atoms with Crippen molar-refractivity contribution in [2.24, 2.45) is 7.05 Å². The van der Waals surface area contributed by atoms with Crippen molar-refractivity contribution in [3.05, 3.63) is 17.7 Å². The number of aryl methyl sites for hydroxylation is 1. The second-order valence-corrected chi connectivity index (χ2v) is 6.95. The van der Waals surface area contributed by atoms with E-state index in [1.165, 1.54) is 0 Å². The van der Waals surface area contributed by atoms with Crippen molar-refractivity contribution in [1.29, 1.82) is 0 Å². The van der Waals surface area contributed by atoms with Gasteiger partial charge in [0.2, 0.25) is 5.89 Å². The van der Waals surface area contributed by atoms with E-state index in [1.54, 1.807) is 4.68 Å². The van der Waals surface area contributed by atoms with Crippen LogP contribution in [0.25, 0.3) is 11.6 Å². The van der Waals surface area contributed by atoms with Gasteiger partial charge < -0.3 is 4.42 Å². The molecule has 0 spiro atoms. The Hall–Kier alpha value is -1.65. The maximum atomic E-state index is 5.76. The van der Waals surface area contributed by atoms with Crippen molar-refractivity contribution in [1.82, 2.24) is 20.0 Å². The van der Waals surface area contributed by atoms with E-state index in [1.807, 2.05) is 33.9 Å². The fourth-order valence-corrected chi connectivity index (χ4v) is 1.66. The zero-order valence-corrected chi connectivity index (χ0v) is 12.8. The normalized spacial score (nSPS) is 13.0. The number of aromatic nitrogens is 4. The second kappa shape index (κ2) is 4.18. The Morgan fingerprint density at radius 1 is 1.00 bits per heavy atom. The molecule has 0 atom stereocenters. The molecule has 5 heteroatoms. The highest BCUT2D eigenvalue weighted by molar-refractivity contribution is 5.48. The van der Waals surface area contributed by atoms with Crippen LogP contribution in [0.2, 0.25) is 0 Å². The van der Waals surface area contributed by atoms with Crippen molar-refractivity contribution >= 4 is 0 Å². The van der Waals surface area contributed by atoms with Crippen LogP contribution in [0.4, 0.5) is 0 Å². The van der Waals surface area contributed by atoms with E-state index in [-0.39, 0.29) is 10.8 Å². The SMILES string of the molecule is Cn1nc(C(C)(C)C)cc1-c1nnc(C(C)(C)C)o1. The molecule has 0 fully saturated rings. The lowest BCUT2D eigenvalue weighted by atomic mass is 9.92. The third kappa shape index (κ3) is 2.69. The first-order valence-electron chi connectivity index (χ1n) is 6.48. The average Bonchev–Trinajstić information content (AvgIpc) is 2.80. The second-order valence-electron chi connectivity index (χ2n) is 6.95. The van der Waals surface area contributed by atoms with E-state index in [2.05, 4.69) is 36.1 Å². The molecule has 0 amide bonds. The Bertz CT molecular complexity index is 581. The van der Waals surface area contributed by atoms with Gasteiger partial charge in [0.25, 0.3) is 5.89 Å². The summed E-state index contributed by atoms with van der Waals surface area (Å²) in [5.41, 5.74) is 1.73. The van der Waals surface area contributed by atoms with Gasteiger partial charge in [0.05, 0.1) is 5.69 Å². The van der Waals surface area contributed by atoms with E-state index < -0.39 is 0 Å². The van der Waals surface area contributed by atoms with Gasteiger partial charge in [-0.25, -0.2) is 0 Å². The van der Waals surface area contributed by atoms with Gasteiger partial charge in [-0.3, -0.25) is 4.68 Å². The molecule has 0 unspecified atom stereocenters. The van der Waals surface area contributed by atoms with Crippen LogP contribution < -0.4 is 0 Å². The molecule has 0 aromatic carbocycles. The Morgan fingerprint density at radius 2 is 1.63 bits per heavy atom. The third-order valence-electron chi connectivity index (χ3n) is 2.93. The molecule has 2 aromatic rings. The lowest BCUT2D eigenvalue weighted by molar-refractivity contribution is 0.397. The van der Waals surface area contributed by atoms with Crippen molar-refractivity contribution in [2.75, 3.05) is 0 Å². The van der Waals surface area contributed by atoms with Crippen LogP contribution >= 0.6 is 0 Å². The van der Waals surface area contributed by atoms with Crippen molar-refractivity contribution in [2.45, 2.75) is 52.4 Å². The lowest BCUT2D eigenvalue weighted by Gasteiger charge is -2.13. The summed E-state index contributed by atoms with van der Waals surface area (Å²) in [5, 5.41) is 12.8. The minimum atomic E-state index is -0.142. The van der Waals surface area contributed by atoms with Crippen molar-refractivity contribution in [3.63, 3.8) is 0 Å². The van der Waals surface area contributed by atoms with Gasteiger partial charge in [0.1, 0.15) is 5.69 Å². The molecule has 104 valence electrons. The first-order chi connectivity index (χ1) is 8.59. The van der Waals surface area contributed by atoms with E-state index >= 15 is 0 Å². The van der Waals surface area contributed by atoms with Gasteiger partial charge in [-0.1, -0.05) is 41.5 Å². The summed E-state index contributed by atoms with van der Waals surface area (Å²) in [6, 6.07) is 2.01. The molecule has 0 saturated heterocycles. The van der Waals surface area contributed by atoms with Gasteiger partial charge in [-0.05, 0) is 6.07 Å². The minimum Gasteiger partial charge on any atom is -0.419 e. The molecule has 0 aliphatic rings. The standard InChI is InChI=1S/C14H22N4O/c1-13(2,3)10-8-9(18(7)17-10)11-15-16-12(19-11)14(4,5)6/h8H,1-7H3. The van der Waals surface area contributed by atoms with Crippen LogP contribution in [0, 0.1) is 0 Å². The predicted octanol–water partition coefficient (Wildman–Crippen LogP) is 3.07. The van der Waals surface area contributed by atoms with Gasteiger partial charge in [0.15, 0.2) is 0 Å². The highest BCUT2D eigenvalue weighted by atomic mass is 16.4. The van der Waals surface area contributed by atoms with Crippen LogP contribution in [0.3, 0.4) is 0 Å². The van der Waals surface area contributed by atoms with E-state index in [9.17, 15) is 0 Å². The maximum absolute atomic E-state index is 5.76. The molecule has 0 aliphatic heterocycles. The van der Waals surface area contributed by atoms with Crippen LogP contribution in [0.15, 0.2) is 10.5 Å². The summed E-state index contributed by atoms with van der Waals surface area (Å²) < 4.78 is 7.55. The minimum absolute atomic E-state index is 0.00287. The summed E-state index contributed by atoms with van der Waals surface area (Å²) in [5.74, 6) is 1.16. The van der Waals surface area contributed by atoms with E-state index in [0.717, 1.165) is 11.4 Å². The fraction of sp³-hybridized carbons (Fsp3) is 0.643. The zero-order valence-electron chi connectivity index (χ0n) is 12.8. The summed E-state index contributed by atoms with van der Waals surface area (Å²) >= 11 is 0. The van der Waals surface area contributed by atoms with Crippen LogP contribution in [0.1, 0.15) is 53.1 Å². The maximum Gasteiger partial charge on any atom is 0.265 e. The number of hydrogen-bond acceptors (Lipinski definition) is 4. The molecule has 19 heavy (non-hydrogen) atoms. The highest BCUT2D eigenvalue weighted by Gasteiger charge is 2.25. The Morgan fingerprint density at radius 3 is 2.05 bits per heavy atom. The molecule has 0 N–H and O–H groups in total. The van der Waals surface area contributed by atoms with E-state index in [4.69, 9.17) is 4.42 Å².